The van der Waals surface area contributed by atoms with Crippen molar-refractivity contribution >= 4 is 72.3 Å². The van der Waals surface area contributed by atoms with Crippen molar-refractivity contribution in [2.45, 2.75) is 0 Å². The number of benzene rings is 8. The third-order valence-electron chi connectivity index (χ3n) is 10.0. The SMILES string of the molecule is C1=Cc2c(oc3ccc(N(c4ccc(-c5ccccc5)cc4)c4ccc(-c5cc6ccc7ccccc7c6c6ccccc56)cc4)cc23)NC1. The van der Waals surface area contributed by atoms with Crippen LogP contribution in [0, 0.1) is 0 Å². The molecule has 9 aromatic rings. The molecule has 0 aliphatic carbocycles. The molecule has 1 aliphatic heterocycles. The second kappa shape index (κ2) is 11.5. The highest BCUT2D eigenvalue weighted by Gasteiger charge is 2.19. The first-order valence-corrected chi connectivity index (χ1v) is 17.1. The van der Waals surface area contributed by atoms with Gasteiger partial charge in [-0.2, -0.15) is 0 Å². The van der Waals surface area contributed by atoms with Gasteiger partial charge in [-0.3, -0.25) is 0 Å². The predicted octanol–water partition coefficient (Wildman–Crippen LogP) is 13.1. The summed E-state index contributed by atoms with van der Waals surface area (Å²) in [4.78, 5) is 2.34. The van der Waals surface area contributed by atoms with Crippen LogP contribution in [-0.4, -0.2) is 6.54 Å². The molecule has 3 nitrogen and oxygen atoms in total. The van der Waals surface area contributed by atoms with E-state index in [1.807, 2.05) is 0 Å². The molecule has 8 aromatic carbocycles. The Hall–Kier alpha value is -6.58. The predicted molar refractivity (Wildman–Crippen MR) is 212 cm³/mol. The summed E-state index contributed by atoms with van der Waals surface area (Å²) < 4.78 is 6.17. The van der Waals surface area contributed by atoms with Gasteiger partial charge in [0.2, 0.25) is 5.88 Å². The van der Waals surface area contributed by atoms with Crippen LogP contribution in [-0.2, 0) is 0 Å². The summed E-state index contributed by atoms with van der Waals surface area (Å²) in [6.07, 6.45) is 4.30. The minimum absolute atomic E-state index is 0.773. The van der Waals surface area contributed by atoms with Gasteiger partial charge in [0, 0.05) is 34.6 Å². The Morgan fingerprint density at radius 1 is 0.480 bits per heavy atom. The Morgan fingerprint density at radius 3 is 1.92 bits per heavy atom. The van der Waals surface area contributed by atoms with Gasteiger partial charge in [-0.1, -0.05) is 127 Å². The summed E-state index contributed by atoms with van der Waals surface area (Å²) in [5.74, 6) is 0.832. The number of rotatable bonds is 5. The van der Waals surface area contributed by atoms with Crippen LogP contribution in [0.5, 0.6) is 0 Å². The van der Waals surface area contributed by atoms with Gasteiger partial charge in [-0.15, -0.1) is 0 Å². The topological polar surface area (TPSA) is 28.4 Å². The molecule has 50 heavy (non-hydrogen) atoms. The van der Waals surface area contributed by atoms with Crippen LogP contribution in [0.4, 0.5) is 22.9 Å². The van der Waals surface area contributed by atoms with Crippen molar-refractivity contribution in [1.29, 1.82) is 0 Å². The molecule has 236 valence electrons. The number of hydrogen-bond donors (Lipinski definition) is 1. The summed E-state index contributed by atoms with van der Waals surface area (Å²) in [5.41, 5.74) is 10.0. The number of fused-ring (bicyclic) bond motifs is 8. The molecule has 2 heterocycles. The summed E-state index contributed by atoms with van der Waals surface area (Å²) >= 11 is 0. The van der Waals surface area contributed by atoms with Crippen LogP contribution in [0.1, 0.15) is 5.56 Å². The van der Waals surface area contributed by atoms with Crippen molar-refractivity contribution < 1.29 is 4.42 Å². The lowest BCUT2D eigenvalue weighted by Gasteiger charge is -2.26. The molecular formula is C47H32N2O. The second-order valence-electron chi connectivity index (χ2n) is 13.0. The lowest BCUT2D eigenvalue weighted by molar-refractivity contribution is 0.628. The first-order valence-electron chi connectivity index (χ1n) is 17.1. The monoisotopic (exact) mass is 640 g/mol. The van der Waals surface area contributed by atoms with Crippen molar-refractivity contribution in [3.63, 3.8) is 0 Å². The van der Waals surface area contributed by atoms with Crippen molar-refractivity contribution in [3.8, 4) is 22.3 Å². The number of nitrogens with one attached hydrogen (secondary N) is 1. The molecule has 3 heteroatoms. The van der Waals surface area contributed by atoms with Gasteiger partial charge in [0.15, 0.2) is 0 Å². The van der Waals surface area contributed by atoms with E-state index in [-0.39, 0.29) is 0 Å². The quantitative estimate of drug-likeness (QED) is 0.190. The minimum Gasteiger partial charge on any atom is -0.440 e. The van der Waals surface area contributed by atoms with Gasteiger partial charge >= 0.3 is 0 Å². The van der Waals surface area contributed by atoms with Crippen LogP contribution in [0.15, 0.2) is 174 Å². The minimum atomic E-state index is 0.773. The van der Waals surface area contributed by atoms with Gasteiger partial charge in [0.25, 0.3) is 0 Å². The molecule has 0 amide bonds. The van der Waals surface area contributed by atoms with Crippen LogP contribution in [0.2, 0.25) is 0 Å². The molecule has 10 rings (SSSR count). The van der Waals surface area contributed by atoms with E-state index in [0.29, 0.717) is 0 Å². The second-order valence-corrected chi connectivity index (χ2v) is 13.0. The van der Waals surface area contributed by atoms with Gasteiger partial charge in [-0.25, -0.2) is 0 Å². The van der Waals surface area contributed by atoms with Gasteiger partial charge in [0.05, 0.1) is 0 Å². The van der Waals surface area contributed by atoms with E-state index in [1.165, 1.54) is 54.6 Å². The molecule has 0 saturated heterocycles. The molecule has 1 N–H and O–H groups in total. The maximum Gasteiger partial charge on any atom is 0.201 e. The van der Waals surface area contributed by atoms with Gasteiger partial charge < -0.3 is 14.6 Å². The molecule has 0 atom stereocenters. The first-order chi connectivity index (χ1) is 24.8. The summed E-state index contributed by atoms with van der Waals surface area (Å²) in [6.45, 7) is 0.773. The molecule has 0 unspecified atom stereocenters. The Bertz CT molecular complexity index is 2740. The Morgan fingerprint density at radius 2 is 1.12 bits per heavy atom. The average molecular weight is 641 g/mol. The number of anilines is 4. The highest BCUT2D eigenvalue weighted by molar-refractivity contribution is 6.23. The molecule has 0 radical (unpaired) electrons. The average Bonchev–Trinajstić information content (AvgIpc) is 3.56. The van der Waals surface area contributed by atoms with E-state index in [9.17, 15) is 0 Å². The first kappa shape index (κ1) is 28.4. The molecular weight excluding hydrogens is 609 g/mol. The van der Waals surface area contributed by atoms with E-state index < -0.39 is 0 Å². The zero-order valence-corrected chi connectivity index (χ0v) is 27.3. The van der Waals surface area contributed by atoms with Crippen LogP contribution in [0.3, 0.4) is 0 Å². The van der Waals surface area contributed by atoms with Crippen molar-refractivity contribution in [2.24, 2.45) is 0 Å². The number of furan rings is 1. The zero-order valence-electron chi connectivity index (χ0n) is 27.3. The van der Waals surface area contributed by atoms with Gasteiger partial charge in [-0.05, 0) is 103 Å². The Labute approximate surface area is 290 Å². The fraction of sp³-hybridized carbons (Fsp3) is 0.0213. The van der Waals surface area contributed by atoms with Crippen molar-refractivity contribution in [2.75, 3.05) is 16.8 Å². The molecule has 1 aliphatic rings. The Balaban J connectivity index is 1.11. The summed E-state index contributed by atoms with van der Waals surface area (Å²) in [7, 11) is 0. The molecule has 0 fully saturated rings. The highest BCUT2D eigenvalue weighted by Crippen LogP contribution is 2.43. The van der Waals surface area contributed by atoms with Crippen LogP contribution >= 0.6 is 0 Å². The lowest BCUT2D eigenvalue weighted by atomic mass is 9.90. The molecule has 1 aromatic heterocycles. The highest BCUT2D eigenvalue weighted by atomic mass is 16.3. The third-order valence-corrected chi connectivity index (χ3v) is 10.0. The summed E-state index contributed by atoms with van der Waals surface area (Å²) in [6, 6.07) is 59.3. The number of nitrogens with zero attached hydrogens (tertiary/aromatic N) is 1. The number of hydrogen-bond acceptors (Lipinski definition) is 3. The van der Waals surface area contributed by atoms with Crippen molar-refractivity contribution in [1.82, 2.24) is 0 Å². The van der Waals surface area contributed by atoms with E-state index in [0.717, 1.165) is 46.0 Å². The van der Waals surface area contributed by atoms with E-state index >= 15 is 0 Å². The van der Waals surface area contributed by atoms with Crippen LogP contribution < -0.4 is 10.2 Å². The largest absolute Gasteiger partial charge is 0.440 e. The maximum absolute atomic E-state index is 6.17. The van der Waals surface area contributed by atoms with Gasteiger partial charge in [0.1, 0.15) is 5.58 Å². The molecule has 0 bridgehead atoms. The van der Waals surface area contributed by atoms with Crippen molar-refractivity contribution in [3.05, 3.63) is 175 Å². The lowest BCUT2D eigenvalue weighted by Crippen LogP contribution is -2.09. The fourth-order valence-corrected chi connectivity index (χ4v) is 7.66. The van der Waals surface area contributed by atoms with Crippen LogP contribution in [0.25, 0.3) is 71.6 Å². The zero-order chi connectivity index (χ0) is 33.0. The molecule has 0 spiro atoms. The van der Waals surface area contributed by atoms with E-state index in [2.05, 4.69) is 186 Å². The summed E-state index contributed by atoms with van der Waals surface area (Å²) in [5, 5.41) is 12.1. The smallest absolute Gasteiger partial charge is 0.201 e. The van der Waals surface area contributed by atoms with E-state index in [1.54, 1.807) is 0 Å². The fourth-order valence-electron chi connectivity index (χ4n) is 7.66. The Kier molecular flexibility index (Phi) is 6.56. The standard InChI is InChI=1S/C47H32N2O/c1-2-9-31(10-3-1)32-18-22-36(23-19-32)49(38-26-27-45-44(30-38)42-15-8-28-48-47(42)50-45)37-24-20-34(21-25-37)43-29-35-17-16-33-11-4-5-12-39(33)46(35)41-14-7-6-13-40(41)43/h1-27,29-30,48H,28H2. The molecule has 0 saturated carbocycles. The normalized spacial score (nSPS) is 12.4. The third kappa shape index (κ3) is 4.67. The van der Waals surface area contributed by atoms with E-state index in [4.69, 9.17) is 4.42 Å². The maximum atomic E-state index is 6.17.